The Balaban J connectivity index is 4.56. The first-order valence-corrected chi connectivity index (χ1v) is 7.16. The molecule has 0 fully saturated rings. The lowest BCUT2D eigenvalue weighted by Gasteiger charge is -2.22. The number of nitrogens with two attached hydrogens (primary N) is 1. The van der Waals surface area contributed by atoms with Crippen molar-refractivity contribution in [3.8, 4) is 0 Å². The first-order chi connectivity index (χ1) is 7.55. The van der Waals surface area contributed by atoms with E-state index in [4.69, 9.17) is 25.2 Å². The van der Waals surface area contributed by atoms with Crippen LogP contribution in [0, 0.1) is 11.8 Å². The minimum absolute atomic E-state index is 0.0134. The molecule has 0 unspecified atom stereocenters. The Bertz CT molecular complexity index is 290. The van der Waals surface area contributed by atoms with E-state index in [1.165, 1.54) is 13.8 Å². The second-order valence-electron chi connectivity index (χ2n) is 4.40. The molecule has 7 nitrogen and oxygen atoms in total. The van der Waals surface area contributed by atoms with Crippen LogP contribution in [0.3, 0.4) is 0 Å². The molecule has 100 valence electrons. The van der Waals surface area contributed by atoms with Crippen molar-refractivity contribution in [1.29, 1.82) is 0 Å². The molecule has 17 heavy (non-hydrogen) atoms. The number of aliphatic carboxylic acids is 1. The van der Waals surface area contributed by atoms with E-state index >= 15 is 0 Å². The van der Waals surface area contributed by atoms with Crippen LogP contribution in [-0.2, 0) is 9.59 Å². The zero-order valence-electron chi connectivity index (χ0n) is 9.83. The minimum Gasteiger partial charge on any atom is -0.481 e. The van der Waals surface area contributed by atoms with E-state index in [0.29, 0.717) is 0 Å². The molecule has 0 saturated carbocycles. The Labute approximate surface area is 100 Å². The van der Waals surface area contributed by atoms with Crippen molar-refractivity contribution in [2.45, 2.75) is 32.2 Å². The average Bonchev–Trinajstić information content (AvgIpc) is 2.14. The highest BCUT2D eigenvalue weighted by molar-refractivity contribution is 6.57. The summed E-state index contributed by atoms with van der Waals surface area (Å²) in [6, 6.07) is 0. The third-order valence-electron chi connectivity index (χ3n) is 2.77. The van der Waals surface area contributed by atoms with Crippen LogP contribution in [0.15, 0.2) is 0 Å². The average molecular weight is 265 g/mol. The third-order valence-corrected chi connectivity index (χ3v) is 4.33. The van der Waals surface area contributed by atoms with E-state index in [2.05, 4.69) is 0 Å². The molecule has 0 aliphatic rings. The summed E-state index contributed by atoms with van der Waals surface area (Å²) in [5.41, 5.74) is 4.12. The van der Waals surface area contributed by atoms with Crippen LogP contribution >= 0.6 is 0 Å². The first-order valence-electron chi connectivity index (χ1n) is 5.25. The molecule has 0 heterocycles. The molecular formula is C9H19NO6Si. The van der Waals surface area contributed by atoms with Crippen molar-refractivity contribution in [2.75, 3.05) is 0 Å². The maximum absolute atomic E-state index is 10.9. The van der Waals surface area contributed by atoms with Gasteiger partial charge in [0.25, 0.3) is 0 Å². The van der Waals surface area contributed by atoms with E-state index < -0.39 is 38.1 Å². The summed E-state index contributed by atoms with van der Waals surface area (Å²) in [6.07, 6.45) is -0.0951. The molecule has 8 heteroatoms. The molecule has 0 aliphatic heterocycles. The summed E-state index contributed by atoms with van der Waals surface area (Å²) < 4.78 is 0. The Kier molecular flexibility index (Phi) is 5.76. The molecule has 0 aromatic carbocycles. The highest BCUT2D eigenvalue weighted by Crippen LogP contribution is 2.27. The number of carbonyl (C=O) groups is 2. The van der Waals surface area contributed by atoms with Gasteiger partial charge >= 0.3 is 14.8 Å². The molecule has 0 saturated heterocycles. The molecule has 0 aromatic heterocycles. The zero-order chi connectivity index (χ0) is 13.8. The van der Waals surface area contributed by atoms with Gasteiger partial charge in [-0.1, -0.05) is 13.8 Å². The molecular weight excluding hydrogens is 246 g/mol. The summed E-state index contributed by atoms with van der Waals surface area (Å²) in [4.78, 5) is 48.8. The van der Waals surface area contributed by atoms with Crippen LogP contribution in [0.25, 0.3) is 0 Å². The Morgan fingerprint density at radius 2 is 1.65 bits per heavy atom. The van der Waals surface area contributed by atoms with Gasteiger partial charge in [0, 0.05) is 11.5 Å². The predicted molar refractivity (Wildman–Crippen MR) is 60.6 cm³/mol. The van der Waals surface area contributed by atoms with E-state index in [1.54, 1.807) is 0 Å². The minimum atomic E-state index is -4.33. The van der Waals surface area contributed by atoms with Crippen LogP contribution in [-0.4, -0.2) is 40.2 Å². The number of hydrogen-bond donors (Lipinski definition) is 5. The summed E-state index contributed by atoms with van der Waals surface area (Å²) in [5, 5.41) is 8.94. The van der Waals surface area contributed by atoms with Crippen LogP contribution in [0.5, 0.6) is 0 Å². The summed E-state index contributed by atoms with van der Waals surface area (Å²) >= 11 is 0. The topological polar surface area (TPSA) is 141 Å². The molecule has 0 radical (unpaired) electrons. The van der Waals surface area contributed by atoms with Crippen molar-refractivity contribution in [3.63, 3.8) is 0 Å². The Morgan fingerprint density at radius 3 is 1.94 bits per heavy atom. The fourth-order valence-corrected chi connectivity index (χ4v) is 2.03. The monoisotopic (exact) mass is 265 g/mol. The molecule has 0 aromatic rings. The fraction of sp³-hybridized carbons (Fsp3) is 0.778. The van der Waals surface area contributed by atoms with Crippen LogP contribution in [0.1, 0.15) is 26.7 Å². The maximum Gasteiger partial charge on any atom is 0.495 e. The normalized spacial score (nSPS) is 17.2. The van der Waals surface area contributed by atoms with Gasteiger partial charge in [0.15, 0.2) is 0 Å². The van der Waals surface area contributed by atoms with E-state index in [1.807, 2.05) is 0 Å². The number of carboxylic acid groups (broad SMARTS) is 1. The molecule has 3 atom stereocenters. The smallest absolute Gasteiger partial charge is 0.481 e. The van der Waals surface area contributed by atoms with E-state index in [0.717, 1.165) is 0 Å². The number of carboxylic acids is 1. The Morgan fingerprint density at radius 1 is 1.18 bits per heavy atom. The zero-order valence-corrected chi connectivity index (χ0v) is 10.8. The number of hydrogen-bond acceptors (Lipinski definition) is 5. The summed E-state index contributed by atoms with van der Waals surface area (Å²) in [6.45, 7) is 2.86. The van der Waals surface area contributed by atoms with Crippen molar-refractivity contribution >= 4 is 20.7 Å². The highest BCUT2D eigenvalue weighted by atomic mass is 28.4. The lowest BCUT2D eigenvalue weighted by atomic mass is 9.92. The molecule has 0 spiro atoms. The van der Waals surface area contributed by atoms with Gasteiger partial charge < -0.3 is 25.2 Å². The summed E-state index contributed by atoms with van der Waals surface area (Å²) in [5.74, 6) is -3.31. The van der Waals surface area contributed by atoms with Crippen LogP contribution in [0.4, 0.5) is 0 Å². The van der Waals surface area contributed by atoms with Gasteiger partial charge in [-0.05, 0) is 12.8 Å². The molecule has 6 N–H and O–H groups in total. The van der Waals surface area contributed by atoms with Gasteiger partial charge in [0.2, 0.25) is 5.91 Å². The molecule has 0 rings (SSSR count). The van der Waals surface area contributed by atoms with Crippen LogP contribution < -0.4 is 5.73 Å². The predicted octanol–water partition coefficient (Wildman–Crippen LogP) is -1.11. The fourth-order valence-electron chi connectivity index (χ4n) is 1.43. The van der Waals surface area contributed by atoms with Gasteiger partial charge in [-0.15, -0.1) is 0 Å². The highest BCUT2D eigenvalue weighted by Gasteiger charge is 2.38. The first kappa shape index (κ1) is 16.0. The standard InChI is InChI=1S/C9H19NO6Si/c1-5(8(10)11)3-7(9(12)13)4-6(2)17(14,15)16/h5-7,14-16H,3-4H2,1-2H3,(H2,10,11)(H,12,13)/t5-,6+,7-/m1/s1. The second kappa shape index (κ2) is 6.10. The second-order valence-corrected chi connectivity index (χ2v) is 6.76. The lowest BCUT2D eigenvalue weighted by molar-refractivity contribution is -0.142. The van der Waals surface area contributed by atoms with Crippen LogP contribution in [0.2, 0.25) is 5.54 Å². The molecule has 0 aliphatic carbocycles. The van der Waals surface area contributed by atoms with Gasteiger partial charge in [-0.25, -0.2) is 0 Å². The van der Waals surface area contributed by atoms with Crippen molar-refractivity contribution < 1.29 is 29.1 Å². The SMILES string of the molecule is C[C@H](C[C@H](C[C@H](C)[Si](O)(O)O)C(=O)O)C(N)=O. The summed E-state index contributed by atoms with van der Waals surface area (Å²) in [7, 11) is -4.33. The van der Waals surface area contributed by atoms with Gasteiger partial charge in [0.05, 0.1) is 5.92 Å². The number of primary amides is 1. The number of carbonyl (C=O) groups excluding carboxylic acids is 1. The van der Waals surface area contributed by atoms with Crippen molar-refractivity contribution in [1.82, 2.24) is 0 Å². The Hall–Kier alpha value is -0.963. The maximum atomic E-state index is 10.9. The van der Waals surface area contributed by atoms with Gasteiger partial charge in [-0.2, -0.15) is 0 Å². The van der Waals surface area contributed by atoms with Crippen molar-refractivity contribution in [3.05, 3.63) is 0 Å². The third kappa shape index (κ3) is 5.77. The van der Waals surface area contributed by atoms with Gasteiger partial charge in [-0.3, -0.25) is 9.59 Å². The van der Waals surface area contributed by atoms with E-state index in [9.17, 15) is 9.59 Å². The lowest BCUT2D eigenvalue weighted by Crippen LogP contribution is -2.41. The molecule has 1 amide bonds. The number of amides is 1. The molecule has 0 bridgehead atoms. The largest absolute Gasteiger partial charge is 0.495 e. The van der Waals surface area contributed by atoms with Gasteiger partial charge in [0.1, 0.15) is 0 Å². The van der Waals surface area contributed by atoms with E-state index in [-0.39, 0.29) is 12.8 Å². The quantitative estimate of drug-likeness (QED) is 0.370. The van der Waals surface area contributed by atoms with Crippen molar-refractivity contribution in [2.24, 2.45) is 17.6 Å². The number of rotatable bonds is 7.